The number of carbonyl (C=O) groups excluding carboxylic acids is 1. The maximum Gasteiger partial charge on any atom is 0.254 e. The predicted molar refractivity (Wildman–Crippen MR) is 98.1 cm³/mol. The summed E-state index contributed by atoms with van der Waals surface area (Å²) in [7, 11) is 0. The van der Waals surface area contributed by atoms with Gasteiger partial charge in [-0.1, -0.05) is 0 Å². The molecule has 1 atom stereocenters. The maximum atomic E-state index is 13.0. The number of benzene rings is 1. The molecule has 1 aromatic heterocycles. The van der Waals surface area contributed by atoms with Gasteiger partial charge in [-0.3, -0.25) is 4.79 Å². The Labute approximate surface area is 153 Å². The molecule has 0 radical (unpaired) electrons. The van der Waals surface area contributed by atoms with Crippen molar-refractivity contribution in [2.24, 2.45) is 5.92 Å². The lowest BCUT2D eigenvalue weighted by Crippen LogP contribution is -2.33. The fourth-order valence-corrected chi connectivity index (χ4v) is 3.13. The van der Waals surface area contributed by atoms with Crippen molar-refractivity contribution in [3.8, 4) is 5.69 Å². The standard InChI is InChI=1S/C18H23FN4O.ClH/c1-13-17(12-22-23(13)16-6-4-15(19)5-7-16)18(24)21-10-8-14-3-2-9-20-11-14;/h4-7,12,14,20H,2-3,8-11H2,1H3,(H,21,24);1H. The fraction of sp³-hybridized carbons (Fsp3) is 0.444. The number of amides is 1. The van der Waals surface area contributed by atoms with Gasteiger partial charge in [0.15, 0.2) is 0 Å². The third-order valence-electron chi connectivity index (χ3n) is 4.56. The summed E-state index contributed by atoms with van der Waals surface area (Å²) in [5, 5.41) is 10.6. The second-order valence-corrected chi connectivity index (χ2v) is 6.29. The first kappa shape index (κ1) is 19.4. The highest BCUT2D eigenvalue weighted by Gasteiger charge is 2.16. The number of piperidine rings is 1. The summed E-state index contributed by atoms with van der Waals surface area (Å²) < 4.78 is 14.7. The third-order valence-corrected chi connectivity index (χ3v) is 4.56. The van der Waals surface area contributed by atoms with Crippen molar-refractivity contribution in [2.75, 3.05) is 19.6 Å². The molecular weight excluding hydrogens is 343 g/mol. The van der Waals surface area contributed by atoms with Gasteiger partial charge in [-0.25, -0.2) is 9.07 Å². The number of hydrogen-bond acceptors (Lipinski definition) is 3. The molecule has 1 unspecified atom stereocenters. The molecular formula is C18H24ClFN4O. The van der Waals surface area contributed by atoms with E-state index in [9.17, 15) is 9.18 Å². The van der Waals surface area contributed by atoms with Crippen molar-refractivity contribution in [3.05, 3.63) is 47.5 Å². The van der Waals surface area contributed by atoms with Gasteiger partial charge in [0.2, 0.25) is 0 Å². The van der Waals surface area contributed by atoms with E-state index in [2.05, 4.69) is 15.7 Å². The summed E-state index contributed by atoms with van der Waals surface area (Å²) in [5.41, 5.74) is 2.04. The van der Waals surface area contributed by atoms with E-state index in [1.165, 1.54) is 25.0 Å². The average molecular weight is 367 g/mol. The van der Waals surface area contributed by atoms with Gasteiger partial charge in [0.1, 0.15) is 5.82 Å². The molecule has 0 saturated carbocycles. The monoisotopic (exact) mass is 366 g/mol. The molecule has 1 amide bonds. The highest BCUT2D eigenvalue weighted by atomic mass is 35.5. The molecule has 1 aliphatic rings. The Morgan fingerprint density at radius 1 is 1.40 bits per heavy atom. The van der Waals surface area contributed by atoms with Crippen molar-refractivity contribution in [1.82, 2.24) is 20.4 Å². The zero-order valence-electron chi connectivity index (χ0n) is 14.3. The largest absolute Gasteiger partial charge is 0.352 e. The number of rotatable bonds is 5. The van der Waals surface area contributed by atoms with Crippen LogP contribution >= 0.6 is 12.4 Å². The lowest BCUT2D eigenvalue weighted by Gasteiger charge is -2.22. The van der Waals surface area contributed by atoms with Crippen LogP contribution in [0.5, 0.6) is 0 Å². The minimum absolute atomic E-state index is 0. The molecule has 3 rings (SSSR count). The van der Waals surface area contributed by atoms with Crippen LogP contribution in [0.1, 0.15) is 35.3 Å². The van der Waals surface area contributed by atoms with Crippen molar-refractivity contribution >= 4 is 18.3 Å². The van der Waals surface area contributed by atoms with E-state index < -0.39 is 0 Å². The minimum atomic E-state index is -0.293. The smallest absolute Gasteiger partial charge is 0.254 e. The zero-order valence-corrected chi connectivity index (χ0v) is 15.1. The van der Waals surface area contributed by atoms with Gasteiger partial charge < -0.3 is 10.6 Å². The van der Waals surface area contributed by atoms with Crippen LogP contribution in [0, 0.1) is 18.7 Å². The first-order chi connectivity index (χ1) is 11.6. The molecule has 136 valence electrons. The van der Waals surface area contributed by atoms with Crippen LogP contribution < -0.4 is 10.6 Å². The molecule has 25 heavy (non-hydrogen) atoms. The van der Waals surface area contributed by atoms with Crippen LogP contribution in [0.4, 0.5) is 4.39 Å². The molecule has 0 bridgehead atoms. The summed E-state index contributed by atoms with van der Waals surface area (Å²) in [4.78, 5) is 12.4. The first-order valence-electron chi connectivity index (χ1n) is 8.44. The van der Waals surface area contributed by atoms with Gasteiger partial charge in [-0.2, -0.15) is 5.10 Å². The number of hydrogen-bond donors (Lipinski definition) is 2. The number of halogens is 2. The Hall–Kier alpha value is -1.92. The summed E-state index contributed by atoms with van der Waals surface area (Å²) in [6.07, 6.45) is 4.99. The van der Waals surface area contributed by atoms with Crippen molar-refractivity contribution in [2.45, 2.75) is 26.2 Å². The van der Waals surface area contributed by atoms with Crippen LogP contribution in [0.2, 0.25) is 0 Å². The molecule has 0 spiro atoms. The molecule has 2 heterocycles. The second kappa shape index (κ2) is 8.97. The van der Waals surface area contributed by atoms with E-state index >= 15 is 0 Å². The second-order valence-electron chi connectivity index (χ2n) is 6.29. The van der Waals surface area contributed by atoms with Gasteiger partial charge in [-0.05, 0) is 69.5 Å². The summed E-state index contributed by atoms with van der Waals surface area (Å²) >= 11 is 0. The van der Waals surface area contributed by atoms with Gasteiger partial charge in [0.25, 0.3) is 5.91 Å². The first-order valence-corrected chi connectivity index (χ1v) is 8.44. The number of nitrogens with one attached hydrogen (secondary N) is 2. The molecule has 5 nitrogen and oxygen atoms in total. The maximum absolute atomic E-state index is 13.0. The predicted octanol–water partition coefficient (Wildman–Crippen LogP) is 2.86. The highest BCUT2D eigenvalue weighted by molar-refractivity contribution is 5.95. The number of aromatic nitrogens is 2. The average Bonchev–Trinajstić information content (AvgIpc) is 2.98. The molecule has 1 aromatic carbocycles. The highest BCUT2D eigenvalue weighted by Crippen LogP contribution is 2.16. The lowest BCUT2D eigenvalue weighted by molar-refractivity contribution is 0.0950. The number of carbonyl (C=O) groups is 1. The van der Waals surface area contributed by atoms with Crippen LogP contribution in [0.15, 0.2) is 30.5 Å². The van der Waals surface area contributed by atoms with Crippen molar-refractivity contribution in [1.29, 1.82) is 0 Å². The molecule has 7 heteroatoms. The zero-order chi connectivity index (χ0) is 16.9. The van der Waals surface area contributed by atoms with Crippen LogP contribution in [0.3, 0.4) is 0 Å². The van der Waals surface area contributed by atoms with Crippen LogP contribution in [-0.2, 0) is 0 Å². The van der Waals surface area contributed by atoms with E-state index in [-0.39, 0.29) is 24.1 Å². The Balaban J connectivity index is 0.00000225. The lowest BCUT2D eigenvalue weighted by atomic mass is 9.96. The molecule has 1 aliphatic heterocycles. The van der Waals surface area contributed by atoms with Crippen molar-refractivity contribution in [3.63, 3.8) is 0 Å². The normalized spacial score (nSPS) is 17.0. The molecule has 2 N–H and O–H groups in total. The van der Waals surface area contributed by atoms with Crippen molar-refractivity contribution < 1.29 is 9.18 Å². The third kappa shape index (κ3) is 4.80. The van der Waals surface area contributed by atoms with E-state index in [4.69, 9.17) is 0 Å². The van der Waals surface area contributed by atoms with E-state index in [0.29, 0.717) is 18.0 Å². The van der Waals surface area contributed by atoms with Gasteiger partial charge in [0.05, 0.1) is 23.1 Å². The number of nitrogens with zero attached hydrogens (tertiary/aromatic N) is 2. The van der Waals surface area contributed by atoms with E-state index in [1.807, 2.05) is 6.92 Å². The van der Waals surface area contributed by atoms with Gasteiger partial charge >= 0.3 is 0 Å². The Morgan fingerprint density at radius 3 is 2.84 bits per heavy atom. The molecule has 0 aliphatic carbocycles. The van der Waals surface area contributed by atoms with Crippen LogP contribution in [-0.4, -0.2) is 35.3 Å². The fourth-order valence-electron chi connectivity index (χ4n) is 3.13. The molecule has 1 fully saturated rings. The topological polar surface area (TPSA) is 59.0 Å². The Morgan fingerprint density at radius 2 is 2.16 bits per heavy atom. The summed E-state index contributed by atoms with van der Waals surface area (Å²) in [5.74, 6) is 0.241. The Bertz CT molecular complexity index is 696. The summed E-state index contributed by atoms with van der Waals surface area (Å²) in [6, 6.07) is 6.06. The Kier molecular flexibility index (Phi) is 6.96. The van der Waals surface area contributed by atoms with E-state index in [0.717, 1.165) is 30.9 Å². The molecule has 2 aromatic rings. The quantitative estimate of drug-likeness (QED) is 0.855. The van der Waals surface area contributed by atoms with Gasteiger partial charge in [0, 0.05) is 6.54 Å². The summed E-state index contributed by atoms with van der Waals surface area (Å²) in [6.45, 7) is 4.66. The minimum Gasteiger partial charge on any atom is -0.352 e. The SMILES string of the molecule is Cc1c(C(=O)NCCC2CCCNC2)cnn1-c1ccc(F)cc1.Cl. The van der Waals surface area contributed by atoms with Gasteiger partial charge in [-0.15, -0.1) is 12.4 Å². The molecule has 1 saturated heterocycles. The van der Waals surface area contributed by atoms with Crippen LogP contribution in [0.25, 0.3) is 5.69 Å². The van der Waals surface area contributed by atoms with E-state index in [1.54, 1.807) is 23.0 Å².